The summed E-state index contributed by atoms with van der Waals surface area (Å²) in [6.07, 6.45) is 2.53. The number of aliphatic hydroxyl groups excluding tert-OH is 1. The van der Waals surface area contributed by atoms with Crippen molar-refractivity contribution in [2.75, 3.05) is 26.2 Å². The van der Waals surface area contributed by atoms with Gasteiger partial charge >= 0.3 is 0 Å². The Hall–Kier alpha value is -2.53. The van der Waals surface area contributed by atoms with Gasteiger partial charge in [-0.15, -0.1) is 0 Å². The summed E-state index contributed by atoms with van der Waals surface area (Å²) in [7, 11) is 0. The monoisotopic (exact) mass is 477 g/mol. The van der Waals surface area contributed by atoms with E-state index < -0.39 is 11.7 Å². The van der Waals surface area contributed by atoms with Crippen molar-refractivity contribution >= 4 is 11.6 Å². The molecule has 2 aliphatic heterocycles. The maximum atomic E-state index is 11.8. The highest BCUT2D eigenvalue weighted by atomic mass is 35.5. The van der Waals surface area contributed by atoms with Gasteiger partial charge in [-0.05, 0) is 67.7 Å². The zero-order valence-corrected chi connectivity index (χ0v) is 20.4. The van der Waals surface area contributed by atoms with Crippen LogP contribution in [0.5, 0.6) is 11.5 Å². The van der Waals surface area contributed by atoms with Crippen LogP contribution < -0.4 is 9.47 Å². The Kier molecular flexibility index (Phi) is 6.82. The third-order valence-corrected chi connectivity index (χ3v) is 7.51. The molecule has 178 valence electrons. The molecule has 0 bridgehead atoms. The zero-order valence-electron chi connectivity index (χ0n) is 19.6. The summed E-state index contributed by atoms with van der Waals surface area (Å²) >= 11 is 6.21. The smallest absolute Gasteiger partial charge is 0.171 e. The topological polar surface area (TPSA) is 41.9 Å². The lowest BCUT2D eigenvalue weighted by Crippen LogP contribution is -2.41. The Labute approximate surface area is 207 Å². The van der Waals surface area contributed by atoms with E-state index in [-0.39, 0.29) is 5.92 Å². The summed E-state index contributed by atoms with van der Waals surface area (Å²) in [4.78, 5) is 2.44. The molecule has 0 unspecified atom stereocenters. The second-order valence-electron chi connectivity index (χ2n) is 9.27. The Morgan fingerprint density at radius 1 is 1.06 bits per heavy atom. The van der Waals surface area contributed by atoms with Gasteiger partial charge in [0.25, 0.3) is 0 Å². The molecule has 5 rings (SSSR count). The Bertz CT molecular complexity index is 1100. The lowest BCUT2D eigenvalue weighted by molar-refractivity contribution is -0.0552. The van der Waals surface area contributed by atoms with Crippen molar-refractivity contribution in [3.63, 3.8) is 0 Å². The van der Waals surface area contributed by atoms with Gasteiger partial charge in [-0.1, -0.05) is 61.0 Å². The molecule has 1 saturated heterocycles. The van der Waals surface area contributed by atoms with Gasteiger partial charge in [0, 0.05) is 29.1 Å². The van der Waals surface area contributed by atoms with Crippen LogP contribution in [0.2, 0.25) is 5.02 Å². The van der Waals surface area contributed by atoms with Crippen LogP contribution in [0.25, 0.3) is 0 Å². The fourth-order valence-corrected chi connectivity index (χ4v) is 5.67. The van der Waals surface area contributed by atoms with Crippen molar-refractivity contribution in [2.45, 2.75) is 43.8 Å². The highest BCUT2D eigenvalue weighted by Crippen LogP contribution is 2.57. The molecule has 0 aliphatic carbocycles. The summed E-state index contributed by atoms with van der Waals surface area (Å²) in [5, 5.41) is 12.4. The second-order valence-corrected chi connectivity index (χ2v) is 9.71. The van der Waals surface area contributed by atoms with Crippen LogP contribution in [0, 0.1) is 0 Å². The van der Waals surface area contributed by atoms with Crippen molar-refractivity contribution < 1.29 is 14.6 Å². The average molecular weight is 478 g/mol. The third-order valence-electron chi connectivity index (χ3n) is 7.26. The second kappa shape index (κ2) is 9.99. The molecule has 3 aromatic carbocycles. The lowest BCUT2D eigenvalue weighted by atomic mass is 9.72. The molecule has 3 aromatic rings. The van der Waals surface area contributed by atoms with Crippen LogP contribution in [0.4, 0.5) is 0 Å². The highest BCUT2D eigenvalue weighted by Gasteiger charge is 2.54. The van der Waals surface area contributed by atoms with Crippen LogP contribution in [-0.2, 0) is 5.60 Å². The largest absolute Gasteiger partial charge is 0.492 e. The molecule has 5 heteroatoms. The Balaban J connectivity index is 1.48. The number of benzene rings is 3. The van der Waals surface area contributed by atoms with Gasteiger partial charge in [-0.2, -0.15) is 0 Å². The molecular weight excluding hydrogens is 446 g/mol. The number of aliphatic hydroxyl groups is 1. The first-order chi connectivity index (χ1) is 16.6. The number of nitrogens with zero attached hydrogens (tertiary/aromatic N) is 1. The number of likely N-dealkylation sites (tertiary alicyclic amines) is 1. The maximum Gasteiger partial charge on any atom is 0.171 e. The fourth-order valence-electron chi connectivity index (χ4n) is 5.55. The molecule has 2 heterocycles. The zero-order chi connectivity index (χ0) is 23.5. The molecule has 1 fully saturated rings. The minimum atomic E-state index is -0.961. The van der Waals surface area contributed by atoms with E-state index in [0.29, 0.717) is 17.4 Å². The number of hydrogen-bond acceptors (Lipinski definition) is 4. The normalized spacial score (nSPS) is 22.9. The van der Waals surface area contributed by atoms with E-state index in [0.717, 1.165) is 48.5 Å². The first-order valence-electron chi connectivity index (χ1n) is 12.3. The number of ether oxygens (including phenoxy) is 2. The van der Waals surface area contributed by atoms with Crippen molar-refractivity contribution in [1.29, 1.82) is 0 Å². The van der Waals surface area contributed by atoms with E-state index in [4.69, 9.17) is 21.1 Å². The van der Waals surface area contributed by atoms with Crippen molar-refractivity contribution in [3.05, 3.63) is 94.5 Å². The number of hydrogen-bond donors (Lipinski definition) is 1. The first kappa shape index (κ1) is 23.2. The fraction of sp³-hybridized carbons (Fsp3) is 0.379. The molecule has 1 N–H and O–H groups in total. The number of halogens is 1. The molecule has 34 heavy (non-hydrogen) atoms. The van der Waals surface area contributed by atoms with Gasteiger partial charge in [0.1, 0.15) is 24.2 Å². The van der Waals surface area contributed by atoms with Crippen LogP contribution in [0.15, 0.2) is 72.8 Å². The van der Waals surface area contributed by atoms with E-state index >= 15 is 0 Å². The molecule has 3 atom stereocenters. The molecular formula is C29H32ClNO3. The molecule has 4 nitrogen and oxygen atoms in total. The summed E-state index contributed by atoms with van der Waals surface area (Å²) in [5.74, 6) is 1.39. The van der Waals surface area contributed by atoms with Gasteiger partial charge < -0.3 is 14.6 Å². The van der Waals surface area contributed by atoms with Crippen molar-refractivity contribution in [3.8, 4) is 11.5 Å². The Morgan fingerprint density at radius 2 is 1.79 bits per heavy atom. The minimum Gasteiger partial charge on any atom is -0.492 e. The quantitative estimate of drug-likeness (QED) is 0.411. The van der Waals surface area contributed by atoms with E-state index in [9.17, 15) is 5.11 Å². The van der Waals surface area contributed by atoms with Crippen LogP contribution in [0.3, 0.4) is 0 Å². The predicted octanol–water partition coefficient (Wildman–Crippen LogP) is 6.33. The standard InChI is InChI=1S/C29H32ClNO3/c1-2-26(21-8-4-3-5-9-21)29(22-10-12-23(30)13-11-22)28(32)25-15-14-24(20-27(25)34-29)33-19-18-31-16-6-7-17-31/h3-5,8-15,20,26,28,32H,2,6-7,16-19H2,1H3/t26-,28+,29-/m0/s1. The van der Waals surface area contributed by atoms with E-state index in [1.165, 1.54) is 12.8 Å². The summed E-state index contributed by atoms with van der Waals surface area (Å²) in [6.45, 7) is 6.03. The third kappa shape index (κ3) is 4.31. The van der Waals surface area contributed by atoms with Gasteiger partial charge in [0.2, 0.25) is 0 Å². The molecule has 2 aliphatic rings. The lowest BCUT2D eigenvalue weighted by Gasteiger charge is -2.40. The first-order valence-corrected chi connectivity index (χ1v) is 12.7. The van der Waals surface area contributed by atoms with Crippen LogP contribution in [0.1, 0.15) is 54.9 Å². The average Bonchev–Trinajstić information content (AvgIpc) is 3.48. The molecule has 0 amide bonds. The number of rotatable bonds is 8. The maximum absolute atomic E-state index is 11.8. The van der Waals surface area contributed by atoms with Gasteiger partial charge in [0.15, 0.2) is 5.60 Å². The molecule has 0 spiro atoms. The summed E-state index contributed by atoms with van der Waals surface area (Å²) < 4.78 is 12.8. The van der Waals surface area contributed by atoms with Crippen LogP contribution >= 0.6 is 11.6 Å². The Morgan fingerprint density at radius 3 is 2.50 bits per heavy atom. The molecule has 0 saturated carbocycles. The minimum absolute atomic E-state index is 0.0585. The number of fused-ring (bicyclic) bond motifs is 1. The molecule has 0 radical (unpaired) electrons. The highest BCUT2D eigenvalue weighted by molar-refractivity contribution is 6.30. The van der Waals surface area contributed by atoms with E-state index in [1.807, 2.05) is 60.7 Å². The van der Waals surface area contributed by atoms with E-state index in [1.54, 1.807) is 0 Å². The summed E-state index contributed by atoms with van der Waals surface area (Å²) in [6, 6.07) is 23.8. The molecule has 0 aromatic heterocycles. The van der Waals surface area contributed by atoms with E-state index in [2.05, 4.69) is 24.0 Å². The summed E-state index contributed by atoms with van der Waals surface area (Å²) in [5.41, 5.74) is 1.87. The van der Waals surface area contributed by atoms with Gasteiger partial charge in [-0.25, -0.2) is 0 Å². The SMILES string of the molecule is CC[C@@H](c1ccccc1)[C@]1(c2ccc(Cl)cc2)Oc2cc(OCCN3CCCC3)ccc2[C@H]1O. The predicted molar refractivity (Wildman–Crippen MR) is 136 cm³/mol. The van der Waals surface area contributed by atoms with Crippen molar-refractivity contribution in [2.24, 2.45) is 0 Å². The van der Waals surface area contributed by atoms with Gasteiger partial charge in [0.05, 0.1) is 0 Å². The van der Waals surface area contributed by atoms with Gasteiger partial charge in [-0.3, -0.25) is 4.90 Å². The van der Waals surface area contributed by atoms with Crippen LogP contribution in [-0.4, -0.2) is 36.2 Å². The van der Waals surface area contributed by atoms with Crippen molar-refractivity contribution in [1.82, 2.24) is 4.90 Å².